The first-order valence-electron chi connectivity index (χ1n) is 10.8. The summed E-state index contributed by atoms with van der Waals surface area (Å²) in [5.74, 6) is -0.771. The number of carbonyl (C=O) groups is 1. The maximum atomic E-state index is 13.3. The van der Waals surface area contributed by atoms with Gasteiger partial charge in [-0.3, -0.25) is 15.0 Å². The molecule has 1 aromatic carbocycles. The van der Waals surface area contributed by atoms with E-state index < -0.39 is 5.91 Å². The molecule has 184 valence electrons. The minimum atomic E-state index is -0.494. The predicted molar refractivity (Wildman–Crippen MR) is 134 cm³/mol. The lowest BCUT2D eigenvalue weighted by molar-refractivity contribution is -0.0606. The summed E-state index contributed by atoms with van der Waals surface area (Å²) in [6.07, 6.45) is 6.63. The number of ether oxygens (including phenoxy) is 1. The fourth-order valence-corrected chi connectivity index (χ4v) is 4.24. The molecule has 4 aromatic rings. The topological polar surface area (TPSA) is 80.5 Å². The molecule has 5 rings (SSSR count). The summed E-state index contributed by atoms with van der Waals surface area (Å²) in [6.45, 7) is 1.63. The van der Waals surface area contributed by atoms with Crippen LogP contribution in [0.2, 0.25) is 0 Å². The van der Waals surface area contributed by atoms with Crippen molar-refractivity contribution in [3.8, 4) is 0 Å². The van der Waals surface area contributed by atoms with Crippen molar-refractivity contribution < 1.29 is 19.1 Å². The van der Waals surface area contributed by atoms with Crippen molar-refractivity contribution in [2.45, 2.75) is 26.0 Å². The molecule has 35 heavy (non-hydrogen) atoms. The molecule has 0 atom stereocenters. The highest BCUT2D eigenvalue weighted by Crippen LogP contribution is 2.31. The van der Waals surface area contributed by atoms with E-state index in [0.717, 1.165) is 33.3 Å². The van der Waals surface area contributed by atoms with Crippen LogP contribution in [0.1, 0.15) is 32.9 Å². The first-order valence-corrected chi connectivity index (χ1v) is 10.8. The zero-order chi connectivity index (χ0) is 22.8. The van der Waals surface area contributed by atoms with Gasteiger partial charge < -0.3 is 9.30 Å². The highest BCUT2D eigenvalue weighted by atomic mass is 35.5. The van der Waals surface area contributed by atoms with Crippen LogP contribution in [-0.4, -0.2) is 43.9 Å². The molecule has 1 aliphatic heterocycles. The molecule has 0 saturated heterocycles. The zero-order valence-corrected chi connectivity index (χ0v) is 20.4. The first kappa shape index (κ1) is 26.6. The van der Waals surface area contributed by atoms with Crippen molar-refractivity contribution >= 4 is 41.6 Å². The second-order valence-corrected chi connectivity index (χ2v) is 8.06. The van der Waals surface area contributed by atoms with Crippen LogP contribution in [0.4, 0.5) is 4.39 Å². The maximum absolute atomic E-state index is 13.3. The van der Waals surface area contributed by atoms with E-state index in [2.05, 4.69) is 9.97 Å². The highest BCUT2D eigenvalue weighted by Gasteiger charge is 2.28. The fourth-order valence-electron chi connectivity index (χ4n) is 4.24. The number of hydroxylamine groups is 2. The molecule has 3 aromatic heterocycles. The molecule has 10 heteroatoms. The molecule has 4 heterocycles. The monoisotopic (exact) mass is 518 g/mol. The quantitative estimate of drug-likeness (QED) is 0.285. The van der Waals surface area contributed by atoms with Crippen LogP contribution in [0, 0.1) is 5.82 Å². The summed E-state index contributed by atoms with van der Waals surface area (Å²) in [6, 6.07) is 12.2. The average Bonchev–Trinajstić information content (AvgIpc) is 3.19. The lowest BCUT2D eigenvalue weighted by Crippen LogP contribution is -2.35. The fraction of sp³-hybridized carbons (Fsp3) is 0.240. The molecule has 0 spiro atoms. The van der Waals surface area contributed by atoms with E-state index in [1.165, 1.54) is 12.1 Å². The normalized spacial score (nSPS) is 12.7. The summed E-state index contributed by atoms with van der Waals surface area (Å²) in [5.41, 5.74) is 4.83. The predicted octanol–water partition coefficient (Wildman–Crippen LogP) is 4.61. The van der Waals surface area contributed by atoms with E-state index in [9.17, 15) is 14.4 Å². The lowest BCUT2D eigenvalue weighted by Gasteiger charge is -2.23. The van der Waals surface area contributed by atoms with Crippen molar-refractivity contribution in [2.24, 2.45) is 0 Å². The van der Waals surface area contributed by atoms with Crippen LogP contribution in [0.3, 0.4) is 0 Å². The molecule has 0 bridgehead atoms. The van der Waals surface area contributed by atoms with Crippen molar-refractivity contribution in [3.05, 3.63) is 95.0 Å². The molecule has 1 aliphatic rings. The van der Waals surface area contributed by atoms with Crippen LogP contribution in [0.5, 0.6) is 0 Å². The summed E-state index contributed by atoms with van der Waals surface area (Å²) >= 11 is 0. The second kappa shape index (κ2) is 11.6. The Morgan fingerprint density at radius 3 is 2.63 bits per heavy atom. The molecule has 1 N–H and O–H groups in total. The number of aromatic nitrogens is 3. The summed E-state index contributed by atoms with van der Waals surface area (Å²) in [4.78, 5) is 21.1. The first-order chi connectivity index (χ1) is 16.1. The van der Waals surface area contributed by atoms with Gasteiger partial charge in [0.15, 0.2) is 0 Å². The number of pyridine rings is 2. The van der Waals surface area contributed by atoms with Crippen LogP contribution in [0.25, 0.3) is 10.9 Å². The second-order valence-electron chi connectivity index (χ2n) is 8.06. The Hall–Kier alpha value is -3.04. The van der Waals surface area contributed by atoms with E-state index in [1.807, 2.05) is 29.0 Å². The van der Waals surface area contributed by atoms with E-state index in [-0.39, 0.29) is 42.9 Å². The number of hydrogen-bond acceptors (Lipinski definition) is 5. The Morgan fingerprint density at radius 1 is 1.09 bits per heavy atom. The number of halogens is 3. The average molecular weight is 519 g/mol. The molecule has 0 aliphatic carbocycles. The third-order valence-corrected chi connectivity index (χ3v) is 5.86. The minimum Gasteiger partial charge on any atom is -0.376 e. The van der Waals surface area contributed by atoms with Gasteiger partial charge in [-0.05, 0) is 41.8 Å². The molecular weight excluding hydrogens is 494 g/mol. The SMILES string of the molecule is Cl.Cl.O=C1c2ncc3c(c(COCCc4ccccn4)cn3Cc3ccc(F)cc3)c2CCN1O. The lowest BCUT2D eigenvalue weighted by atomic mass is 9.99. The largest absolute Gasteiger partial charge is 0.376 e. The van der Waals surface area contributed by atoms with E-state index in [4.69, 9.17) is 4.74 Å². The third kappa shape index (κ3) is 5.62. The molecule has 0 fully saturated rings. The van der Waals surface area contributed by atoms with Gasteiger partial charge in [-0.1, -0.05) is 18.2 Å². The Morgan fingerprint density at radius 2 is 1.89 bits per heavy atom. The molecule has 7 nitrogen and oxygen atoms in total. The number of fused-ring (bicyclic) bond motifs is 3. The van der Waals surface area contributed by atoms with Crippen molar-refractivity contribution in [1.82, 2.24) is 19.6 Å². The summed E-state index contributed by atoms with van der Waals surface area (Å²) < 4.78 is 21.4. The Labute approximate surface area is 214 Å². The maximum Gasteiger partial charge on any atom is 0.296 e. The number of amides is 1. The zero-order valence-electron chi connectivity index (χ0n) is 18.8. The highest BCUT2D eigenvalue weighted by molar-refractivity contribution is 6.00. The Bertz CT molecular complexity index is 1300. The molecule has 0 radical (unpaired) electrons. The van der Waals surface area contributed by atoms with Gasteiger partial charge >= 0.3 is 0 Å². The Kier molecular flexibility index (Phi) is 8.80. The summed E-state index contributed by atoms with van der Waals surface area (Å²) in [5, 5.41) is 11.5. The third-order valence-electron chi connectivity index (χ3n) is 5.86. The van der Waals surface area contributed by atoms with Gasteiger partial charge in [0.05, 0.1) is 31.5 Å². The van der Waals surface area contributed by atoms with Crippen molar-refractivity contribution in [2.75, 3.05) is 13.2 Å². The van der Waals surface area contributed by atoms with Gasteiger partial charge in [0.25, 0.3) is 5.91 Å². The van der Waals surface area contributed by atoms with Crippen LogP contribution < -0.4 is 0 Å². The van der Waals surface area contributed by atoms with Gasteiger partial charge in [0, 0.05) is 42.0 Å². The van der Waals surface area contributed by atoms with Gasteiger partial charge in [-0.2, -0.15) is 0 Å². The number of rotatable bonds is 7. The minimum absolute atomic E-state index is 0. The number of hydrogen-bond donors (Lipinski definition) is 1. The number of carbonyl (C=O) groups excluding carboxylic acids is 1. The smallest absolute Gasteiger partial charge is 0.296 e. The van der Waals surface area contributed by atoms with Crippen molar-refractivity contribution in [1.29, 1.82) is 0 Å². The van der Waals surface area contributed by atoms with E-state index in [0.29, 0.717) is 37.7 Å². The van der Waals surface area contributed by atoms with Gasteiger partial charge in [-0.25, -0.2) is 14.4 Å². The number of benzene rings is 1. The van der Waals surface area contributed by atoms with E-state index >= 15 is 0 Å². The summed E-state index contributed by atoms with van der Waals surface area (Å²) in [7, 11) is 0. The van der Waals surface area contributed by atoms with E-state index in [1.54, 1.807) is 24.5 Å². The van der Waals surface area contributed by atoms with Gasteiger partial charge in [0.1, 0.15) is 11.5 Å². The molecule has 1 amide bonds. The standard InChI is InChI=1S/C25H23FN4O3.2ClH/c26-19-6-4-17(5-7-19)14-29-15-18(16-33-12-9-20-3-1-2-10-27-20)23-21-8-11-30(32)25(31)24(21)28-13-22(23)29;;/h1-7,10,13,15,32H,8-9,11-12,14,16H2;2*1H. The van der Waals surface area contributed by atoms with Crippen LogP contribution in [0.15, 0.2) is 61.1 Å². The van der Waals surface area contributed by atoms with Gasteiger partial charge in [0.2, 0.25) is 0 Å². The van der Waals surface area contributed by atoms with Crippen LogP contribution >= 0.6 is 24.8 Å². The number of nitrogens with zero attached hydrogens (tertiary/aromatic N) is 4. The van der Waals surface area contributed by atoms with Gasteiger partial charge in [-0.15, -0.1) is 24.8 Å². The molecule has 0 unspecified atom stereocenters. The van der Waals surface area contributed by atoms with Crippen LogP contribution in [-0.2, 0) is 30.7 Å². The van der Waals surface area contributed by atoms with Crippen molar-refractivity contribution in [3.63, 3.8) is 0 Å². The Balaban J connectivity index is 0.00000171. The molecular formula is C25H25Cl2FN4O3. The molecule has 0 saturated carbocycles.